The molecule has 5 nitrogen and oxygen atoms in total. The summed E-state index contributed by atoms with van der Waals surface area (Å²) < 4.78 is 4.97. The summed E-state index contributed by atoms with van der Waals surface area (Å²) in [5.41, 5.74) is 0. The van der Waals surface area contributed by atoms with Gasteiger partial charge in [0, 0.05) is 6.08 Å². The molecule has 0 bridgehead atoms. The van der Waals surface area contributed by atoms with E-state index in [1.54, 1.807) is 18.2 Å². The van der Waals surface area contributed by atoms with E-state index in [0.717, 1.165) is 0 Å². The second-order valence-corrected chi connectivity index (χ2v) is 3.17. The molecule has 90 valence electrons. The van der Waals surface area contributed by atoms with Crippen molar-refractivity contribution < 1.29 is 19.1 Å². The van der Waals surface area contributed by atoms with Crippen LogP contribution >= 0.6 is 0 Å². The van der Waals surface area contributed by atoms with Crippen molar-refractivity contribution in [3.05, 3.63) is 48.0 Å². The lowest BCUT2D eigenvalue weighted by atomic mass is 10.4. The number of carboxylic acids is 1. The Kier molecular flexibility index (Phi) is 4.75. The van der Waals surface area contributed by atoms with E-state index >= 15 is 0 Å². The van der Waals surface area contributed by atoms with Crippen molar-refractivity contribution in [2.45, 2.75) is 13.5 Å². The van der Waals surface area contributed by atoms with Crippen LogP contribution in [0.2, 0.25) is 0 Å². The Labute approximate surface area is 98.4 Å². The average Bonchev–Trinajstić information content (AvgIpc) is 2.75. The van der Waals surface area contributed by atoms with Crippen molar-refractivity contribution in [2.75, 3.05) is 0 Å². The van der Waals surface area contributed by atoms with E-state index in [-0.39, 0.29) is 18.2 Å². The Morgan fingerprint density at radius 1 is 1.41 bits per heavy atom. The molecule has 0 aliphatic rings. The number of carbonyl (C=O) groups is 2. The number of hydrogen-bond donors (Lipinski definition) is 2. The predicted molar refractivity (Wildman–Crippen MR) is 61.5 cm³/mol. The molecule has 0 fully saturated rings. The normalized spacial score (nSPS) is 11.1. The molecule has 0 aliphatic heterocycles. The summed E-state index contributed by atoms with van der Waals surface area (Å²) in [5, 5.41) is 11.2. The van der Waals surface area contributed by atoms with Crippen LogP contribution in [0.3, 0.4) is 0 Å². The van der Waals surface area contributed by atoms with Gasteiger partial charge in [-0.15, -0.1) is 0 Å². The Hall–Kier alpha value is -2.30. The maximum atomic E-state index is 11.2. The van der Waals surface area contributed by atoms with Gasteiger partial charge in [-0.05, 0) is 19.1 Å². The van der Waals surface area contributed by atoms with Crippen molar-refractivity contribution in [2.24, 2.45) is 0 Å². The molecule has 0 saturated heterocycles. The number of allylic oxidation sites excluding steroid dienone is 3. The Bertz CT molecular complexity index is 457. The van der Waals surface area contributed by atoms with Gasteiger partial charge in [-0.1, -0.05) is 18.2 Å². The number of amides is 1. The molecule has 1 aromatic rings. The number of hydrogen-bond acceptors (Lipinski definition) is 3. The quantitative estimate of drug-likeness (QED) is 0.601. The zero-order valence-electron chi connectivity index (χ0n) is 9.34. The van der Waals surface area contributed by atoms with Crippen molar-refractivity contribution in [3.8, 4) is 0 Å². The lowest BCUT2D eigenvalue weighted by molar-refractivity contribution is -0.116. The van der Waals surface area contributed by atoms with Gasteiger partial charge in [-0.25, -0.2) is 4.79 Å². The molecule has 0 unspecified atom stereocenters. The van der Waals surface area contributed by atoms with E-state index in [1.807, 2.05) is 6.92 Å². The highest BCUT2D eigenvalue weighted by Gasteiger charge is 2.08. The summed E-state index contributed by atoms with van der Waals surface area (Å²) in [6.45, 7) is 2.00. The molecule has 1 amide bonds. The van der Waals surface area contributed by atoms with Crippen LogP contribution in [0.15, 0.2) is 40.9 Å². The first kappa shape index (κ1) is 12.8. The lowest BCUT2D eigenvalue weighted by Crippen LogP contribution is -2.19. The van der Waals surface area contributed by atoms with E-state index in [0.29, 0.717) is 5.76 Å². The molecule has 0 aromatic carbocycles. The number of carboxylic acid groups (broad SMARTS) is 1. The van der Waals surface area contributed by atoms with Gasteiger partial charge in [0.05, 0.1) is 6.54 Å². The number of carbonyl (C=O) groups excluding carboxylic acids is 1. The minimum Gasteiger partial charge on any atom is -0.475 e. The van der Waals surface area contributed by atoms with Gasteiger partial charge in [0.15, 0.2) is 0 Å². The molecule has 0 spiro atoms. The minimum atomic E-state index is -1.13. The summed E-state index contributed by atoms with van der Waals surface area (Å²) in [5.74, 6) is -1.14. The smallest absolute Gasteiger partial charge is 0.371 e. The standard InChI is InChI=1S/C12H13NO4/c1-2-3-4-5-11(14)13-8-9-6-7-10(17-9)12(15)16/h2-7H,8H2,1H3,(H,13,14)(H,15,16). The Balaban J connectivity index is 2.44. The first-order chi connectivity index (χ1) is 8.13. The fourth-order valence-corrected chi connectivity index (χ4v) is 1.08. The summed E-state index contributed by atoms with van der Waals surface area (Å²) in [7, 11) is 0. The summed E-state index contributed by atoms with van der Waals surface area (Å²) in [6, 6.07) is 2.86. The molecule has 2 N–H and O–H groups in total. The maximum absolute atomic E-state index is 11.2. The van der Waals surface area contributed by atoms with Gasteiger partial charge in [-0.3, -0.25) is 4.79 Å². The van der Waals surface area contributed by atoms with Gasteiger partial charge in [-0.2, -0.15) is 0 Å². The third-order valence-corrected chi connectivity index (χ3v) is 1.86. The number of rotatable bonds is 5. The summed E-state index contributed by atoms with van der Waals surface area (Å²) in [6.07, 6.45) is 6.52. The molecule has 5 heteroatoms. The predicted octanol–water partition coefficient (Wildman–Crippen LogP) is 1.73. The van der Waals surface area contributed by atoms with Crippen LogP contribution in [-0.4, -0.2) is 17.0 Å². The number of furan rings is 1. The van der Waals surface area contributed by atoms with Crippen LogP contribution in [0.25, 0.3) is 0 Å². The van der Waals surface area contributed by atoms with Crippen LogP contribution < -0.4 is 5.32 Å². The maximum Gasteiger partial charge on any atom is 0.371 e. The average molecular weight is 235 g/mol. The second kappa shape index (κ2) is 6.32. The van der Waals surface area contributed by atoms with E-state index < -0.39 is 5.97 Å². The largest absolute Gasteiger partial charge is 0.475 e. The van der Waals surface area contributed by atoms with E-state index in [1.165, 1.54) is 18.2 Å². The number of aromatic carboxylic acids is 1. The topological polar surface area (TPSA) is 79.5 Å². The SMILES string of the molecule is CC=CC=CC(=O)NCc1ccc(C(=O)O)o1. The molecule has 0 atom stereocenters. The number of nitrogens with one attached hydrogen (secondary N) is 1. The van der Waals surface area contributed by atoms with Gasteiger partial charge in [0.1, 0.15) is 5.76 Å². The monoisotopic (exact) mass is 235 g/mol. The molecular weight excluding hydrogens is 222 g/mol. The van der Waals surface area contributed by atoms with Crippen molar-refractivity contribution in [1.29, 1.82) is 0 Å². The van der Waals surface area contributed by atoms with Crippen LogP contribution in [0.4, 0.5) is 0 Å². The van der Waals surface area contributed by atoms with Gasteiger partial charge >= 0.3 is 5.97 Å². The van der Waals surface area contributed by atoms with Gasteiger partial charge < -0.3 is 14.8 Å². The Morgan fingerprint density at radius 3 is 2.76 bits per heavy atom. The zero-order chi connectivity index (χ0) is 12.7. The molecule has 0 saturated carbocycles. The molecule has 1 aromatic heterocycles. The van der Waals surface area contributed by atoms with Crippen LogP contribution in [0, 0.1) is 0 Å². The van der Waals surface area contributed by atoms with Gasteiger partial charge in [0.2, 0.25) is 11.7 Å². The van der Waals surface area contributed by atoms with Crippen LogP contribution in [0.1, 0.15) is 23.2 Å². The van der Waals surface area contributed by atoms with E-state index in [4.69, 9.17) is 9.52 Å². The lowest BCUT2D eigenvalue weighted by Gasteiger charge is -1.97. The highest BCUT2D eigenvalue weighted by Crippen LogP contribution is 2.07. The minimum absolute atomic E-state index is 0.140. The fraction of sp³-hybridized carbons (Fsp3) is 0.167. The third-order valence-electron chi connectivity index (χ3n) is 1.86. The van der Waals surface area contributed by atoms with Gasteiger partial charge in [0.25, 0.3) is 0 Å². The zero-order valence-corrected chi connectivity index (χ0v) is 9.34. The molecule has 0 radical (unpaired) electrons. The van der Waals surface area contributed by atoms with Crippen molar-refractivity contribution in [3.63, 3.8) is 0 Å². The molecular formula is C12H13NO4. The van der Waals surface area contributed by atoms with E-state index in [2.05, 4.69) is 5.32 Å². The Morgan fingerprint density at radius 2 is 2.18 bits per heavy atom. The molecule has 1 rings (SSSR count). The highest BCUT2D eigenvalue weighted by atomic mass is 16.4. The summed E-state index contributed by atoms with van der Waals surface area (Å²) >= 11 is 0. The summed E-state index contributed by atoms with van der Waals surface area (Å²) in [4.78, 5) is 21.8. The highest BCUT2D eigenvalue weighted by molar-refractivity contribution is 5.87. The molecule has 17 heavy (non-hydrogen) atoms. The molecule has 0 aliphatic carbocycles. The second-order valence-electron chi connectivity index (χ2n) is 3.17. The van der Waals surface area contributed by atoms with E-state index in [9.17, 15) is 9.59 Å². The van der Waals surface area contributed by atoms with Crippen molar-refractivity contribution in [1.82, 2.24) is 5.32 Å². The fourth-order valence-electron chi connectivity index (χ4n) is 1.08. The van der Waals surface area contributed by atoms with Crippen LogP contribution in [0.5, 0.6) is 0 Å². The third kappa shape index (κ3) is 4.38. The van der Waals surface area contributed by atoms with Crippen molar-refractivity contribution >= 4 is 11.9 Å². The first-order valence-electron chi connectivity index (χ1n) is 5.02. The molecule has 1 heterocycles. The first-order valence-corrected chi connectivity index (χ1v) is 5.02. The van der Waals surface area contributed by atoms with Crippen LogP contribution in [-0.2, 0) is 11.3 Å².